The highest BCUT2D eigenvalue weighted by molar-refractivity contribution is 5.84. The van der Waals surface area contributed by atoms with Crippen molar-refractivity contribution in [2.75, 3.05) is 13.2 Å². The topological polar surface area (TPSA) is 41.6 Å². The number of hydrogen-bond acceptors (Lipinski definition) is 3. The lowest BCUT2D eigenvalue weighted by molar-refractivity contribution is -0.134. The second-order valence-corrected chi connectivity index (χ2v) is 6.19. The molecule has 1 aliphatic rings. The minimum atomic E-state index is -0.286. The van der Waals surface area contributed by atoms with E-state index in [1.807, 2.05) is 32.6 Å². The molecule has 1 rings (SSSR count). The van der Waals surface area contributed by atoms with E-state index in [0.29, 0.717) is 19.1 Å². The van der Waals surface area contributed by atoms with Crippen molar-refractivity contribution < 1.29 is 9.53 Å². The van der Waals surface area contributed by atoms with Crippen molar-refractivity contribution in [3.8, 4) is 0 Å². The summed E-state index contributed by atoms with van der Waals surface area (Å²) < 4.78 is 5.71. The van der Waals surface area contributed by atoms with Crippen molar-refractivity contribution in [2.24, 2.45) is 5.92 Å². The van der Waals surface area contributed by atoms with Crippen LogP contribution in [0.5, 0.6) is 0 Å². The number of carbonyl (C=O) groups is 1. The van der Waals surface area contributed by atoms with Crippen LogP contribution in [0.25, 0.3) is 0 Å². The van der Waals surface area contributed by atoms with E-state index in [4.69, 9.17) is 4.74 Å². The molecule has 4 nitrogen and oxygen atoms in total. The molecule has 0 saturated carbocycles. The molecule has 1 aliphatic heterocycles. The summed E-state index contributed by atoms with van der Waals surface area (Å²) in [4.78, 5) is 14.1. The summed E-state index contributed by atoms with van der Waals surface area (Å²) in [5.41, 5.74) is -0.286. The monoisotopic (exact) mass is 256 g/mol. The van der Waals surface area contributed by atoms with Gasteiger partial charge in [-0.3, -0.25) is 10.1 Å². The van der Waals surface area contributed by atoms with Gasteiger partial charge < -0.3 is 9.64 Å². The van der Waals surface area contributed by atoms with Crippen LogP contribution in [0.15, 0.2) is 0 Å². The molecule has 0 aromatic heterocycles. The summed E-state index contributed by atoms with van der Waals surface area (Å²) in [5.74, 6) is 0.756. The zero-order chi connectivity index (χ0) is 13.9. The van der Waals surface area contributed by atoms with Crippen molar-refractivity contribution in [1.82, 2.24) is 10.2 Å². The van der Waals surface area contributed by atoms with Gasteiger partial charge in [-0.25, -0.2) is 0 Å². The molecule has 18 heavy (non-hydrogen) atoms. The molecular weight excluding hydrogens is 228 g/mol. The smallest absolute Gasteiger partial charge is 0.240 e. The minimum Gasteiger partial charge on any atom is -0.374 e. The molecule has 1 amide bonds. The summed E-state index contributed by atoms with van der Waals surface area (Å²) in [7, 11) is 0. The minimum absolute atomic E-state index is 0.0776. The Morgan fingerprint density at radius 2 is 2.06 bits per heavy atom. The zero-order valence-electron chi connectivity index (χ0n) is 12.6. The van der Waals surface area contributed by atoms with Crippen LogP contribution < -0.4 is 5.32 Å². The molecule has 2 unspecified atom stereocenters. The quantitative estimate of drug-likeness (QED) is 0.790. The molecule has 1 saturated heterocycles. The number of carbonyl (C=O) groups excluding carboxylic acids is 1. The lowest BCUT2D eigenvalue weighted by Gasteiger charge is -2.34. The van der Waals surface area contributed by atoms with Gasteiger partial charge >= 0.3 is 0 Å². The third-order valence-electron chi connectivity index (χ3n) is 3.25. The number of rotatable bonds is 6. The van der Waals surface area contributed by atoms with Crippen LogP contribution in [0.3, 0.4) is 0 Å². The Morgan fingerprint density at radius 3 is 2.56 bits per heavy atom. The van der Waals surface area contributed by atoms with Crippen LogP contribution in [0.2, 0.25) is 0 Å². The summed E-state index contributed by atoms with van der Waals surface area (Å²) in [6, 6.07) is -0.0776. The lowest BCUT2D eigenvalue weighted by Crippen LogP contribution is -2.47. The molecular formula is C14H28N2O2. The number of hydrogen-bond donors (Lipinski definition) is 1. The first-order valence-electron chi connectivity index (χ1n) is 6.97. The normalized spacial score (nSPS) is 25.3. The van der Waals surface area contributed by atoms with Crippen LogP contribution in [-0.4, -0.2) is 41.8 Å². The van der Waals surface area contributed by atoms with Gasteiger partial charge in [0.05, 0.1) is 24.4 Å². The van der Waals surface area contributed by atoms with Crippen LogP contribution in [0, 0.1) is 5.92 Å². The maximum absolute atomic E-state index is 12.2. The van der Waals surface area contributed by atoms with E-state index in [-0.39, 0.29) is 23.7 Å². The fourth-order valence-electron chi connectivity index (χ4n) is 2.53. The van der Waals surface area contributed by atoms with Crippen molar-refractivity contribution in [1.29, 1.82) is 0 Å². The Kier molecular flexibility index (Phi) is 5.17. The maximum Gasteiger partial charge on any atom is 0.240 e. The summed E-state index contributed by atoms with van der Waals surface area (Å²) >= 11 is 0. The largest absolute Gasteiger partial charge is 0.374 e. The van der Waals surface area contributed by atoms with E-state index in [2.05, 4.69) is 19.2 Å². The highest BCUT2D eigenvalue weighted by Gasteiger charge is 2.39. The average molecular weight is 256 g/mol. The summed E-state index contributed by atoms with van der Waals surface area (Å²) in [6.07, 6.45) is 1.13. The van der Waals surface area contributed by atoms with E-state index in [1.165, 1.54) is 0 Å². The predicted molar refractivity (Wildman–Crippen MR) is 73.3 cm³/mol. The van der Waals surface area contributed by atoms with E-state index in [1.54, 1.807) is 0 Å². The van der Waals surface area contributed by atoms with E-state index in [0.717, 1.165) is 6.42 Å². The number of nitrogens with one attached hydrogen (secondary N) is 1. The standard InChI is InChI=1S/C14H28N2O2/c1-7-18-14(5,6)9-16-12(8-10(2)3)15-11(4)13(16)17/h10-12,15H,7-9H2,1-6H3. The van der Waals surface area contributed by atoms with E-state index < -0.39 is 0 Å². The van der Waals surface area contributed by atoms with Gasteiger partial charge in [0.1, 0.15) is 0 Å². The molecule has 2 atom stereocenters. The van der Waals surface area contributed by atoms with Crippen molar-refractivity contribution in [2.45, 2.75) is 65.8 Å². The van der Waals surface area contributed by atoms with Gasteiger partial charge in [-0.15, -0.1) is 0 Å². The Labute approximate surface area is 111 Å². The van der Waals surface area contributed by atoms with Gasteiger partial charge in [0.25, 0.3) is 0 Å². The van der Waals surface area contributed by atoms with Gasteiger partial charge in [-0.05, 0) is 40.0 Å². The Balaban J connectivity index is 2.72. The Bertz CT molecular complexity index is 290. The Morgan fingerprint density at radius 1 is 1.44 bits per heavy atom. The molecule has 0 bridgehead atoms. The molecule has 4 heteroatoms. The first kappa shape index (κ1) is 15.4. The number of ether oxygens (including phenoxy) is 1. The molecule has 1 N–H and O–H groups in total. The van der Waals surface area contributed by atoms with Gasteiger partial charge in [-0.1, -0.05) is 13.8 Å². The lowest BCUT2D eigenvalue weighted by atomic mass is 10.1. The highest BCUT2D eigenvalue weighted by atomic mass is 16.5. The number of nitrogens with zero attached hydrogens (tertiary/aromatic N) is 1. The fourth-order valence-corrected chi connectivity index (χ4v) is 2.53. The molecule has 0 aromatic rings. The van der Waals surface area contributed by atoms with E-state index >= 15 is 0 Å². The summed E-state index contributed by atoms with van der Waals surface area (Å²) in [6.45, 7) is 13.7. The third kappa shape index (κ3) is 3.95. The Hall–Kier alpha value is -0.610. The van der Waals surface area contributed by atoms with E-state index in [9.17, 15) is 4.79 Å². The van der Waals surface area contributed by atoms with Crippen LogP contribution in [0.1, 0.15) is 48.0 Å². The second-order valence-electron chi connectivity index (χ2n) is 6.19. The molecule has 0 aromatic carbocycles. The first-order chi connectivity index (χ1) is 8.26. The SMILES string of the molecule is CCOC(C)(C)CN1C(=O)C(C)NC1CC(C)C. The molecule has 0 radical (unpaired) electrons. The van der Waals surface area contributed by atoms with Crippen LogP contribution in [0.4, 0.5) is 0 Å². The molecule has 1 fully saturated rings. The van der Waals surface area contributed by atoms with Crippen molar-refractivity contribution in [3.05, 3.63) is 0 Å². The molecule has 0 spiro atoms. The zero-order valence-corrected chi connectivity index (χ0v) is 12.6. The summed E-state index contributed by atoms with van der Waals surface area (Å²) in [5, 5.41) is 3.37. The van der Waals surface area contributed by atoms with Gasteiger partial charge in [-0.2, -0.15) is 0 Å². The number of amides is 1. The van der Waals surface area contributed by atoms with Gasteiger partial charge in [0.15, 0.2) is 0 Å². The first-order valence-corrected chi connectivity index (χ1v) is 6.97. The maximum atomic E-state index is 12.2. The third-order valence-corrected chi connectivity index (χ3v) is 3.25. The second kappa shape index (κ2) is 6.02. The fraction of sp³-hybridized carbons (Fsp3) is 0.929. The highest BCUT2D eigenvalue weighted by Crippen LogP contribution is 2.21. The molecule has 1 heterocycles. The molecule has 106 valence electrons. The average Bonchev–Trinajstić information content (AvgIpc) is 2.44. The van der Waals surface area contributed by atoms with Crippen molar-refractivity contribution >= 4 is 5.91 Å². The van der Waals surface area contributed by atoms with Crippen LogP contribution >= 0.6 is 0 Å². The van der Waals surface area contributed by atoms with Gasteiger partial charge in [0.2, 0.25) is 5.91 Å². The molecule has 0 aliphatic carbocycles. The predicted octanol–water partition coefficient (Wildman–Crippen LogP) is 1.99. The van der Waals surface area contributed by atoms with Crippen LogP contribution in [-0.2, 0) is 9.53 Å². The van der Waals surface area contributed by atoms with Crippen molar-refractivity contribution in [3.63, 3.8) is 0 Å². The van der Waals surface area contributed by atoms with Gasteiger partial charge in [0, 0.05) is 6.61 Å².